The van der Waals surface area contributed by atoms with Gasteiger partial charge in [-0.25, -0.2) is 0 Å². The number of carbonyl (C=O) groups excluding carboxylic acids is 1. The Morgan fingerprint density at radius 2 is 1.95 bits per heavy atom. The highest BCUT2D eigenvalue weighted by molar-refractivity contribution is 6.00. The Hall–Kier alpha value is -1.75. The first kappa shape index (κ1) is 15.3. The van der Waals surface area contributed by atoms with Crippen LogP contribution in [0.2, 0.25) is 0 Å². The van der Waals surface area contributed by atoms with Crippen molar-refractivity contribution in [3.63, 3.8) is 0 Å². The number of primary amides is 1. The maximum absolute atomic E-state index is 11.3. The van der Waals surface area contributed by atoms with E-state index in [2.05, 4.69) is 30.8 Å². The first-order valence-corrected chi connectivity index (χ1v) is 6.55. The summed E-state index contributed by atoms with van der Waals surface area (Å²) < 4.78 is 0. The molecule has 1 aromatic rings. The molecule has 0 saturated heterocycles. The topological polar surface area (TPSA) is 75.6 Å². The molecule has 0 aromatic heterocycles. The van der Waals surface area contributed by atoms with Gasteiger partial charge >= 0.3 is 0 Å². The lowest BCUT2D eigenvalue weighted by atomic mass is 10.1. The molecule has 0 aliphatic rings. The maximum Gasteiger partial charge on any atom is 0.250 e. The normalized spacial score (nSPS) is 10.7. The molecule has 1 amide bonds. The molecule has 0 fully saturated rings. The lowest BCUT2D eigenvalue weighted by molar-refractivity contribution is 0.100. The molecule has 0 aliphatic heterocycles. The van der Waals surface area contributed by atoms with E-state index >= 15 is 0 Å². The minimum Gasteiger partial charge on any atom is -0.396 e. The van der Waals surface area contributed by atoms with E-state index in [-0.39, 0.29) is 0 Å². The van der Waals surface area contributed by atoms with Crippen LogP contribution in [-0.4, -0.2) is 44.5 Å². The fourth-order valence-electron chi connectivity index (χ4n) is 2.07. The smallest absolute Gasteiger partial charge is 0.250 e. The Morgan fingerprint density at radius 3 is 2.47 bits per heavy atom. The fourth-order valence-corrected chi connectivity index (χ4v) is 2.07. The number of carbonyl (C=O) groups is 1. The zero-order valence-corrected chi connectivity index (χ0v) is 12.0. The molecule has 0 spiro atoms. The molecule has 0 unspecified atom stereocenters. The standard InChI is InChI=1S/C14H24N4O/c1-4-18(10-6-9-17(2)3)12-8-5-7-11(13(12)15)14(16)19/h5,7-8H,4,6,9-10,15H2,1-3H3,(H2,16,19). The molecule has 1 aromatic carbocycles. The molecule has 0 bridgehead atoms. The van der Waals surface area contributed by atoms with Gasteiger partial charge in [-0.2, -0.15) is 0 Å². The monoisotopic (exact) mass is 264 g/mol. The number of benzene rings is 1. The summed E-state index contributed by atoms with van der Waals surface area (Å²) in [5, 5.41) is 0. The lowest BCUT2D eigenvalue weighted by Crippen LogP contribution is -2.28. The van der Waals surface area contributed by atoms with Crippen molar-refractivity contribution in [1.29, 1.82) is 0 Å². The van der Waals surface area contributed by atoms with Crippen LogP contribution in [0.1, 0.15) is 23.7 Å². The van der Waals surface area contributed by atoms with Crippen molar-refractivity contribution in [2.24, 2.45) is 5.73 Å². The third kappa shape index (κ3) is 4.13. The van der Waals surface area contributed by atoms with Crippen LogP contribution >= 0.6 is 0 Å². The van der Waals surface area contributed by atoms with Gasteiger partial charge in [0.15, 0.2) is 0 Å². The van der Waals surface area contributed by atoms with Crippen molar-refractivity contribution in [1.82, 2.24) is 4.90 Å². The SMILES string of the molecule is CCN(CCCN(C)C)c1cccc(C(N)=O)c1N. The van der Waals surface area contributed by atoms with Crippen molar-refractivity contribution in [2.75, 3.05) is 44.4 Å². The molecule has 0 heterocycles. The van der Waals surface area contributed by atoms with Crippen LogP contribution in [0.3, 0.4) is 0 Å². The molecule has 19 heavy (non-hydrogen) atoms. The molecule has 5 heteroatoms. The molecule has 0 aliphatic carbocycles. The molecule has 0 radical (unpaired) electrons. The minimum atomic E-state index is -0.483. The van der Waals surface area contributed by atoms with Gasteiger partial charge in [0.25, 0.3) is 5.91 Å². The van der Waals surface area contributed by atoms with E-state index in [1.54, 1.807) is 6.07 Å². The van der Waals surface area contributed by atoms with Gasteiger partial charge in [-0.05, 0) is 46.1 Å². The molecule has 106 valence electrons. The van der Waals surface area contributed by atoms with Gasteiger partial charge in [0, 0.05) is 13.1 Å². The quantitative estimate of drug-likeness (QED) is 0.724. The molecule has 0 atom stereocenters. The second-order valence-corrected chi connectivity index (χ2v) is 4.84. The number of nitrogen functional groups attached to an aromatic ring is 1. The van der Waals surface area contributed by atoms with Crippen LogP contribution in [-0.2, 0) is 0 Å². The van der Waals surface area contributed by atoms with E-state index in [0.717, 1.165) is 31.7 Å². The van der Waals surface area contributed by atoms with E-state index in [1.165, 1.54) is 0 Å². The van der Waals surface area contributed by atoms with Gasteiger partial charge < -0.3 is 21.3 Å². The van der Waals surface area contributed by atoms with Gasteiger partial charge in [-0.15, -0.1) is 0 Å². The first-order chi connectivity index (χ1) is 8.97. The number of nitrogens with zero attached hydrogens (tertiary/aromatic N) is 2. The largest absolute Gasteiger partial charge is 0.396 e. The van der Waals surface area contributed by atoms with Crippen molar-refractivity contribution in [3.05, 3.63) is 23.8 Å². The third-order valence-electron chi connectivity index (χ3n) is 3.10. The Kier molecular flexibility index (Phi) is 5.63. The maximum atomic E-state index is 11.3. The summed E-state index contributed by atoms with van der Waals surface area (Å²) in [6.07, 6.45) is 1.04. The predicted molar refractivity (Wildman–Crippen MR) is 80.4 cm³/mol. The summed E-state index contributed by atoms with van der Waals surface area (Å²) in [5.41, 5.74) is 13.1. The van der Waals surface area contributed by atoms with E-state index in [1.807, 2.05) is 12.1 Å². The van der Waals surface area contributed by atoms with Gasteiger partial charge in [0.2, 0.25) is 0 Å². The molecular weight excluding hydrogens is 240 g/mol. The number of nitrogens with two attached hydrogens (primary N) is 2. The van der Waals surface area contributed by atoms with Crippen LogP contribution < -0.4 is 16.4 Å². The number of para-hydroxylation sites is 1. The third-order valence-corrected chi connectivity index (χ3v) is 3.10. The predicted octanol–water partition coefficient (Wildman–Crippen LogP) is 1.15. The molecular formula is C14H24N4O. The highest BCUT2D eigenvalue weighted by Gasteiger charge is 2.13. The van der Waals surface area contributed by atoms with Crippen LogP contribution in [0, 0.1) is 0 Å². The van der Waals surface area contributed by atoms with Crippen LogP contribution in [0.15, 0.2) is 18.2 Å². The number of rotatable bonds is 7. The molecule has 4 N–H and O–H groups in total. The van der Waals surface area contributed by atoms with Gasteiger partial charge in [0.1, 0.15) is 0 Å². The zero-order chi connectivity index (χ0) is 14.4. The molecule has 5 nitrogen and oxygen atoms in total. The Bertz CT molecular complexity index is 431. The molecule has 0 saturated carbocycles. The summed E-state index contributed by atoms with van der Waals surface area (Å²) in [4.78, 5) is 15.6. The van der Waals surface area contributed by atoms with Crippen LogP contribution in [0.5, 0.6) is 0 Å². The van der Waals surface area contributed by atoms with Crippen LogP contribution in [0.4, 0.5) is 11.4 Å². The zero-order valence-electron chi connectivity index (χ0n) is 12.0. The van der Waals surface area contributed by atoms with Gasteiger partial charge in [0.05, 0.1) is 16.9 Å². The minimum absolute atomic E-state index is 0.392. The van der Waals surface area contributed by atoms with Crippen molar-refractivity contribution >= 4 is 17.3 Å². The van der Waals surface area contributed by atoms with Crippen molar-refractivity contribution in [2.45, 2.75) is 13.3 Å². The van der Waals surface area contributed by atoms with E-state index in [0.29, 0.717) is 11.3 Å². The average Bonchev–Trinajstić information content (AvgIpc) is 2.35. The number of hydrogen-bond acceptors (Lipinski definition) is 4. The summed E-state index contributed by atoms with van der Waals surface area (Å²) in [5.74, 6) is -0.483. The fraction of sp³-hybridized carbons (Fsp3) is 0.500. The summed E-state index contributed by atoms with van der Waals surface area (Å²) in [7, 11) is 4.11. The van der Waals surface area contributed by atoms with Gasteiger partial charge in [-0.3, -0.25) is 4.79 Å². The first-order valence-electron chi connectivity index (χ1n) is 6.55. The Morgan fingerprint density at radius 1 is 1.26 bits per heavy atom. The highest BCUT2D eigenvalue weighted by atomic mass is 16.1. The number of amides is 1. The second-order valence-electron chi connectivity index (χ2n) is 4.84. The average molecular weight is 264 g/mol. The highest BCUT2D eigenvalue weighted by Crippen LogP contribution is 2.26. The summed E-state index contributed by atoms with van der Waals surface area (Å²) in [6.45, 7) is 4.85. The van der Waals surface area contributed by atoms with E-state index in [9.17, 15) is 4.79 Å². The lowest BCUT2D eigenvalue weighted by Gasteiger charge is -2.26. The van der Waals surface area contributed by atoms with Gasteiger partial charge in [-0.1, -0.05) is 6.07 Å². The Balaban J connectivity index is 2.86. The van der Waals surface area contributed by atoms with E-state index < -0.39 is 5.91 Å². The second kappa shape index (κ2) is 6.99. The summed E-state index contributed by atoms with van der Waals surface area (Å²) >= 11 is 0. The number of hydrogen-bond donors (Lipinski definition) is 2. The van der Waals surface area contributed by atoms with Crippen LogP contribution in [0.25, 0.3) is 0 Å². The number of anilines is 2. The molecule has 1 rings (SSSR count). The summed E-state index contributed by atoms with van der Waals surface area (Å²) in [6, 6.07) is 5.41. The van der Waals surface area contributed by atoms with Crippen molar-refractivity contribution in [3.8, 4) is 0 Å². The Labute approximate surface area is 115 Å². The van der Waals surface area contributed by atoms with E-state index in [4.69, 9.17) is 11.5 Å². The van der Waals surface area contributed by atoms with Crippen molar-refractivity contribution < 1.29 is 4.79 Å².